The van der Waals surface area contributed by atoms with Gasteiger partial charge in [0.25, 0.3) is 5.91 Å². The maximum atomic E-state index is 13.1. The molecule has 3 rings (SSSR count). The monoisotopic (exact) mass is 406 g/mol. The van der Waals surface area contributed by atoms with Crippen molar-refractivity contribution in [3.05, 3.63) is 54.1 Å². The van der Waals surface area contributed by atoms with E-state index in [1.165, 1.54) is 0 Å². The van der Waals surface area contributed by atoms with Gasteiger partial charge in [0.15, 0.2) is 6.10 Å². The second-order valence-corrected chi connectivity index (χ2v) is 6.43. The molecule has 6 nitrogen and oxygen atoms in total. The molecular formula is C21H27ClN2O4. The van der Waals surface area contributed by atoms with Crippen molar-refractivity contribution in [2.45, 2.75) is 19.1 Å². The van der Waals surface area contributed by atoms with E-state index in [0.29, 0.717) is 18.8 Å². The number of carbonyl (C=O) groups excluding carboxylic acids is 1. The summed E-state index contributed by atoms with van der Waals surface area (Å²) in [5.41, 5.74) is 0.997. The van der Waals surface area contributed by atoms with Crippen LogP contribution in [0.5, 0.6) is 17.2 Å². The number of methoxy groups -OCH3 is 2. The predicted molar refractivity (Wildman–Crippen MR) is 111 cm³/mol. The fourth-order valence-corrected chi connectivity index (χ4v) is 3.33. The Bertz CT molecular complexity index is 769. The van der Waals surface area contributed by atoms with Gasteiger partial charge in [0.1, 0.15) is 17.2 Å². The van der Waals surface area contributed by atoms with Crippen LogP contribution in [0.1, 0.15) is 18.5 Å². The normalized spacial score (nSPS) is 17.2. The molecule has 2 aromatic carbocycles. The van der Waals surface area contributed by atoms with E-state index in [1.54, 1.807) is 33.3 Å². The number of halogens is 1. The first-order valence-corrected chi connectivity index (χ1v) is 9.09. The molecule has 1 amide bonds. The summed E-state index contributed by atoms with van der Waals surface area (Å²) in [6, 6.07) is 15.0. The molecule has 1 heterocycles. The standard InChI is InChI=1S/C21H26N2O4.ClH/c1-15(27-17-10-8-16(25-2)9-11-17)21(24)23-13-12-22-14-19(23)18-6-4-5-7-20(18)26-3;/h4-11,15,19,22H,12-14H2,1-3H3;1H. The molecule has 0 saturated carbocycles. The zero-order chi connectivity index (χ0) is 19.2. The number of hydrogen-bond acceptors (Lipinski definition) is 5. The average molecular weight is 407 g/mol. The lowest BCUT2D eigenvalue weighted by molar-refractivity contribution is -0.141. The molecule has 1 aliphatic rings. The van der Waals surface area contributed by atoms with Crippen LogP contribution in [0.3, 0.4) is 0 Å². The van der Waals surface area contributed by atoms with Gasteiger partial charge in [-0.05, 0) is 37.3 Å². The number of ether oxygens (including phenoxy) is 3. The number of carbonyl (C=O) groups is 1. The number of benzene rings is 2. The smallest absolute Gasteiger partial charge is 0.263 e. The minimum atomic E-state index is -0.589. The number of para-hydroxylation sites is 1. The third-order valence-electron chi connectivity index (χ3n) is 4.74. The third kappa shape index (κ3) is 4.88. The maximum absolute atomic E-state index is 13.1. The molecule has 2 atom stereocenters. The summed E-state index contributed by atoms with van der Waals surface area (Å²) in [6.45, 7) is 3.85. The Balaban J connectivity index is 0.00000280. The van der Waals surface area contributed by atoms with Crippen molar-refractivity contribution in [1.29, 1.82) is 0 Å². The van der Waals surface area contributed by atoms with Gasteiger partial charge < -0.3 is 24.4 Å². The average Bonchev–Trinajstić information content (AvgIpc) is 2.73. The van der Waals surface area contributed by atoms with Crippen molar-refractivity contribution >= 4 is 18.3 Å². The Hall–Kier alpha value is -2.44. The number of amides is 1. The van der Waals surface area contributed by atoms with Gasteiger partial charge in [0.2, 0.25) is 0 Å². The van der Waals surface area contributed by atoms with Crippen LogP contribution in [0.15, 0.2) is 48.5 Å². The highest BCUT2D eigenvalue weighted by Crippen LogP contribution is 2.31. The molecule has 2 aromatic rings. The summed E-state index contributed by atoms with van der Waals surface area (Å²) >= 11 is 0. The first kappa shape index (κ1) is 21.9. The van der Waals surface area contributed by atoms with Crippen molar-refractivity contribution in [2.24, 2.45) is 0 Å². The molecule has 28 heavy (non-hydrogen) atoms. The molecule has 0 bridgehead atoms. The van der Waals surface area contributed by atoms with Gasteiger partial charge in [-0.2, -0.15) is 0 Å². The lowest BCUT2D eigenvalue weighted by Gasteiger charge is -2.38. The zero-order valence-electron chi connectivity index (χ0n) is 16.4. The van der Waals surface area contributed by atoms with E-state index >= 15 is 0 Å². The van der Waals surface area contributed by atoms with E-state index in [2.05, 4.69) is 5.32 Å². The highest BCUT2D eigenvalue weighted by atomic mass is 35.5. The van der Waals surface area contributed by atoms with Crippen molar-refractivity contribution < 1.29 is 19.0 Å². The molecule has 7 heteroatoms. The Kier molecular flexibility index (Phi) is 7.96. The Morgan fingerprint density at radius 3 is 2.43 bits per heavy atom. The summed E-state index contributed by atoms with van der Waals surface area (Å²) in [5, 5.41) is 3.37. The summed E-state index contributed by atoms with van der Waals surface area (Å²) in [5.74, 6) is 2.14. The molecule has 152 valence electrons. The van der Waals surface area contributed by atoms with Crippen molar-refractivity contribution in [2.75, 3.05) is 33.9 Å². The van der Waals surface area contributed by atoms with Crippen LogP contribution in [0, 0.1) is 0 Å². The quantitative estimate of drug-likeness (QED) is 0.798. The van der Waals surface area contributed by atoms with Crippen LogP contribution in [-0.4, -0.2) is 50.8 Å². The highest BCUT2D eigenvalue weighted by molar-refractivity contribution is 5.85. The molecule has 1 fully saturated rings. The van der Waals surface area contributed by atoms with E-state index in [4.69, 9.17) is 14.2 Å². The zero-order valence-corrected chi connectivity index (χ0v) is 17.2. The van der Waals surface area contributed by atoms with Gasteiger partial charge in [0.05, 0.1) is 20.3 Å². The molecule has 1 aliphatic heterocycles. The highest BCUT2D eigenvalue weighted by Gasteiger charge is 2.32. The van der Waals surface area contributed by atoms with Crippen LogP contribution in [-0.2, 0) is 4.79 Å². The van der Waals surface area contributed by atoms with E-state index < -0.39 is 6.10 Å². The topological polar surface area (TPSA) is 60.0 Å². The van der Waals surface area contributed by atoms with Crippen molar-refractivity contribution in [3.8, 4) is 17.2 Å². The summed E-state index contributed by atoms with van der Waals surface area (Å²) in [6.07, 6.45) is -0.589. The molecule has 1 N–H and O–H groups in total. The van der Waals surface area contributed by atoms with Crippen LogP contribution in [0.2, 0.25) is 0 Å². The maximum Gasteiger partial charge on any atom is 0.263 e. The fraction of sp³-hybridized carbons (Fsp3) is 0.381. The largest absolute Gasteiger partial charge is 0.497 e. The molecule has 0 radical (unpaired) electrons. The first-order valence-electron chi connectivity index (χ1n) is 9.09. The van der Waals surface area contributed by atoms with E-state index in [1.807, 2.05) is 41.3 Å². The second kappa shape index (κ2) is 10.2. The third-order valence-corrected chi connectivity index (χ3v) is 4.74. The van der Waals surface area contributed by atoms with Gasteiger partial charge in [-0.25, -0.2) is 0 Å². The van der Waals surface area contributed by atoms with E-state index in [9.17, 15) is 4.79 Å². The van der Waals surface area contributed by atoms with E-state index in [-0.39, 0.29) is 24.4 Å². The second-order valence-electron chi connectivity index (χ2n) is 6.43. The van der Waals surface area contributed by atoms with Gasteiger partial charge in [-0.3, -0.25) is 4.79 Å². The first-order chi connectivity index (χ1) is 13.1. The minimum absolute atomic E-state index is 0. The lowest BCUT2D eigenvalue weighted by atomic mass is 10.0. The van der Waals surface area contributed by atoms with Gasteiger partial charge in [-0.1, -0.05) is 18.2 Å². The molecule has 2 unspecified atom stereocenters. The number of hydrogen-bond donors (Lipinski definition) is 1. The van der Waals surface area contributed by atoms with Crippen molar-refractivity contribution in [3.63, 3.8) is 0 Å². The number of nitrogens with one attached hydrogen (secondary N) is 1. The molecular weight excluding hydrogens is 380 g/mol. The number of piperazine rings is 1. The van der Waals surface area contributed by atoms with Crippen molar-refractivity contribution in [1.82, 2.24) is 10.2 Å². The molecule has 1 saturated heterocycles. The fourth-order valence-electron chi connectivity index (χ4n) is 3.33. The summed E-state index contributed by atoms with van der Waals surface area (Å²) < 4.78 is 16.5. The van der Waals surface area contributed by atoms with E-state index in [0.717, 1.165) is 23.6 Å². The molecule has 0 spiro atoms. The molecule has 0 aliphatic carbocycles. The Morgan fingerprint density at radius 2 is 1.75 bits per heavy atom. The van der Waals surface area contributed by atoms with Crippen LogP contribution < -0.4 is 19.5 Å². The lowest BCUT2D eigenvalue weighted by Crippen LogP contribution is -2.52. The number of rotatable bonds is 6. The summed E-state index contributed by atoms with van der Waals surface area (Å²) in [7, 11) is 3.26. The SMILES string of the molecule is COc1ccc(OC(C)C(=O)N2CCNCC2c2ccccc2OC)cc1.Cl. The van der Waals surface area contributed by atoms with Crippen LogP contribution in [0.25, 0.3) is 0 Å². The van der Waals surface area contributed by atoms with Crippen LogP contribution in [0.4, 0.5) is 0 Å². The van der Waals surface area contributed by atoms with Gasteiger partial charge >= 0.3 is 0 Å². The molecule has 0 aromatic heterocycles. The van der Waals surface area contributed by atoms with Gasteiger partial charge in [0, 0.05) is 25.2 Å². The summed E-state index contributed by atoms with van der Waals surface area (Å²) in [4.78, 5) is 15.0. The number of nitrogens with zero attached hydrogens (tertiary/aromatic N) is 1. The van der Waals surface area contributed by atoms with Gasteiger partial charge in [-0.15, -0.1) is 12.4 Å². The Morgan fingerprint density at radius 1 is 1.07 bits per heavy atom. The van der Waals surface area contributed by atoms with Crippen LogP contribution >= 0.6 is 12.4 Å². The predicted octanol–water partition coefficient (Wildman–Crippen LogP) is 3.07. The Labute approximate surface area is 172 Å². The minimum Gasteiger partial charge on any atom is -0.497 e.